The molecule has 0 aliphatic carbocycles. The van der Waals surface area contributed by atoms with Gasteiger partial charge in [0.25, 0.3) is 0 Å². The monoisotopic (exact) mass is 574 g/mol. The van der Waals surface area contributed by atoms with E-state index in [1.165, 1.54) is 24.3 Å². The van der Waals surface area contributed by atoms with Crippen molar-refractivity contribution in [2.24, 2.45) is 0 Å². The van der Waals surface area contributed by atoms with Crippen molar-refractivity contribution in [2.75, 3.05) is 11.9 Å². The standard InChI is InChI=1S/C27H21Cl3N2O4S/c28-20-12-11-19(24(30)15-20)17-32(37(34,35)23-9-5-2-6-10-23)18-27(33)31-25-16-21(29)13-14-26(25)36-22-7-3-1-4-8-22/h1-16H,17-18H2,(H,31,33). The number of sulfonamides is 1. The van der Waals surface area contributed by atoms with Crippen LogP contribution in [-0.2, 0) is 21.4 Å². The Morgan fingerprint density at radius 1 is 0.811 bits per heavy atom. The summed E-state index contributed by atoms with van der Waals surface area (Å²) in [6.45, 7) is -0.642. The summed E-state index contributed by atoms with van der Waals surface area (Å²) >= 11 is 18.5. The van der Waals surface area contributed by atoms with Gasteiger partial charge in [-0.25, -0.2) is 8.42 Å². The fraction of sp³-hybridized carbons (Fsp3) is 0.0741. The summed E-state index contributed by atoms with van der Waals surface area (Å²) in [4.78, 5) is 13.2. The molecule has 0 radical (unpaired) electrons. The van der Waals surface area contributed by atoms with Crippen molar-refractivity contribution in [3.8, 4) is 11.5 Å². The van der Waals surface area contributed by atoms with E-state index in [1.807, 2.05) is 18.2 Å². The number of para-hydroxylation sites is 1. The van der Waals surface area contributed by atoms with E-state index in [-0.39, 0.29) is 16.5 Å². The zero-order chi connectivity index (χ0) is 26.4. The molecular formula is C27H21Cl3N2O4S. The molecule has 0 aromatic heterocycles. The number of nitrogens with zero attached hydrogens (tertiary/aromatic N) is 1. The highest BCUT2D eigenvalue weighted by Crippen LogP contribution is 2.32. The fourth-order valence-electron chi connectivity index (χ4n) is 3.46. The van der Waals surface area contributed by atoms with Crippen LogP contribution in [0.25, 0.3) is 0 Å². The van der Waals surface area contributed by atoms with Gasteiger partial charge < -0.3 is 10.1 Å². The molecule has 190 valence electrons. The van der Waals surface area contributed by atoms with Gasteiger partial charge in [0.05, 0.1) is 17.1 Å². The third-order valence-electron chi connectivity index (χ3n) is 5.25. The van der Waals surface area contributed by atoms with Gasteiger partial charge in [0.15, 0.2) is 5.75 Å². The number of carbonyl (C=O) groups is 1. The summed E-state index contributed by atoms with van der Waals surface area (Å²) in [7, 11) is -4.06. The number of hydrogen-bond acceptors (Lipinski definition) is 4. The van der Waals surface area contributed by atoms with Crippen LogP contribution in [0.4, 0.5) is 5.69 Å². The van der Waals surface area contributed by atoms with E-state index < -0.39 is 22.5 Å². The Balaban J connectivity index is 1.61. The number of rotatable bonds is 9. The number of anilines is 1. The third kappa shape index (κ3) is 7.03. The van der Waals surface area contributed by atoms with Crippen molar-refractivity contribution in [1.29, 1.82) is 0 Å². The van der Waals surface area contributed by atoms with Gasteiger partial charge in [-0.15, -0.1) is 0 Å². The Kier molecular flexibility index (Phi) is 8.74. The molecule has 1 N–H and O–H groups in total. The predicted molar refractivity (Wildman–Crippen MR) is 147 cm³/mol. The van der Waals surface area contributed by atoms with E-state index in [0.29, 0.717) is 32.8 Å². The Morgan fingerprint density at radius 3 is 2.11 bits per heavy atom. The van der Waals surface area contributed by atoms with Gasteiger partial charge in [0.1, 0.15) is 5.75 Å². The lowest BCUT2D eigenvalue weighted by Gasteiger charge is -2.23. The highest BCUT2D eigenvalue weighted by molar-refractivity contribution is 7.89. The van der Waals surface area contributed by atoms with Crippen molar-refractivity contribution in [3.63, 3.8) is 0 Å². The van der Waals surface area contributed by atoms with Crippen LogP contribution in [0.1, 0.15) is 5.56 Å². The number of hydrogen-bond donors (Lipinski definition) is 1. The Morgan fingerprint density at radius 2 is 1.43 bits per heavy atom. The molecule has 4 rings (SSSR count). The zero-order valence-electron chi connectivity index (χ0n) is 19.3. The second kappa shape index (κ2) is 12.0. The van der Waals surface area contributed by atoms with Crippen LogP contribution >= 0.6 is 34.8 Å². The Hall–Kier alpha value is -3.07. The summed E-state index contributed by atoms with van der Waals surface area (Å²) in [5.74, 6) is 0.318. The maximum absolute atomic E-state index is 13.5. The molecule has 0 aliphatic heterocycles. The average Bonchev–Trinajstić information content (AvgIpc) is 2.88. The van der Waals surface area contributed by atoms with Crippen LogP contribution in [0.3, 0.4) is 0 Å². The molecule has 10 heteroatoms. The van der Waals surface area contributed by atoms with E-state index in [9.17, 15) is 13.2 Å². The highest BCUT2D eigenvalue weighted by Gasteiger charge is 2.28. The van der Waals surface area contributed by atoms with Crippen LogP contribution in [0, 0.1) is 0 Å². The van der Waals surface area contributed by atoms with Crippen LogP contribution in [0.2, 0.25) is 15.1 Å². The van der Waals surface area contributed by atoms with E-state index in [0.717, 1.165) is 4.31 Å². The molecule has 0 unspecified atom stereocenters. The summed E-state index contributed by atoms with van der Waals surface area (Å²) < 4.78 is 33.9. The summed E-state index contributed by atoms with van der Waals surface area (Å²) in [6, 6.07) is 26.4. The molecule has 37 heavy (non-hydrogen) atoms. The minimum Gasteiger partial charge on any atom is -0.455 e. The fourth-order valence-corrected chi connectivity index (χ4v) is 5.50. The predicted octanol–water partition coefficient (Wildman–Crippen LogP) is 7.27. The number of halogens is 3. The van der Waals surface area contributed by atoms with E-state index in [4.69, 9.17) is 39.5 Å². The smallest absolute Gasteiger partial charge is 0.243 e. The summed E-state index contributed by atoms with van der Waals surface area (Å²) in [6.07, 6.45) is 0. The van der Waals surface area contributed by atoms with Crippen LogP contribution in [-0.4, -0.2) is 25.2 Å². The molecule has 4 aromatic rings. The number of amides is 1. The van der Waals surface area contributed by atoms with Crippen LogP contribution in [0.5, 0.6) is 11.5 Å². The topological polar surface area (TPSA) is 75.7 Å². The third-order valence-corrected chi connectivity index (χ3v) is 7.88. The number of nitrogens with one attached hydrogen (secondary N) is 1. The number of ether oxygens (including phenoxy) is 1. The Bertz CT molecular complexity index is 1500. The maximum atomic E-state index is 13.5. The zero-order valence-corrected chi connectivity index (χ0v) is 22.4. The Labute approximate surface area is 230 Å². The van der Waals surface area contributed by atoms with Crippen molar-refractivity contribution in [2.45, 2.75) is 11.4 Å². The molecular weight excluding hydrogens is 555 g/mol. The first-order valence-corrected chi connectivity index (χ1v) is 13.6. The second-order valence-electron chi connectivity index (χ2n) is 7.93. The molecule has 0 saturated heterocycles. The molecule has 0 bridgehead atoms. The maximum Gasteiger partial charge on any atom is 0.243 e. The van der Waals surface area contributed by atoms with Gasteiger partial charge in [-0.2, -0.15) is 4.31 Å². The van der Waals surface area contributed by atoms with Gasteiger partial charge >= 0.3 is 0 Å². The van der Waals surface area contributed by atoms with Crippen LogP contribution in [0.15, 0.2) is 102 Å². The minimum absolute atomic E-state index is 0.0451. The van der Waals surface area contributed by atoms with Crippen molar-refractivity contribution >= 4 is 56.4 Å². The average molecular weight is 576 g/mol. The van der Waals surface area contributed by atoms with Crippen molar-refractivity contribution in [1.82, 2.24) is 4.31 Å². The molecule has 0 saturated carbocycles. The first-order valence-electron chi connectivity index (χ1n) is 11.0. The largest absolute Gasteiger partial charge is 0.455 e. The van der Waals surface area contributed by atoms with Crippen molar-refractivity contribution in [3.05, 3.63) is 118 Å². The van der Waals surface area contributed by atoms with E-state index in [2.05, 4.69) is 5.32 Å². The molecule has 0 aliphatic rings. The first kappa shape index (κ1) is 27.0. The minimum atomic E-state index is -4.06. The highest BCUT2D eigenvalue weighted by atomic mass is 35.5. The van der Waals surface area contributed by atoms with Gasteiger partial charge in [-0.05, 0) is 60.2 Å². The first-order chi connectivity index (χ1) is 17.7. The molecule has 6 nitrogen and oxygen atoms in total. The molecule has 0 heterocycles. The van der Waals surface area contributed by atoms with Gasteiger partial charge in [-0.1, -0.05) is 77.3 Å². The number of benzene rings is 4. The van der Waals surface area contributed by atoms with E-state index in [1.54, 1.807) is 54.6 Å². The lowest BCUT2D eigenvalue weighted by atomic mass is 10.2. The van der Waals surface area contributed by atoms with Crippen molar-refractivity contribution < 1.29 is 17.9 Å². The molecule has 4 aromatic carbocycles. The molecule has 0 atom stereocenters. The number of carbonyl (C=O) groups excluding carboxylic acids is 1. The van der Waals surface area contributed by atoms with E-state index >= 15 is 0 Å². The molecule has 0 spiro atoms. The van der Waals surface area contributed by atoms with Gasteiger partial charge in [0, 0.05) is 21.6 Å². The van der Waals surface area contributed by atoms with Crippen LogP contribution < -0.4 is 10.1 Å². The SMILES string of the molecule is O=C(CN(Cc1ccc(Cl)cc1Cl)S(=O)(=O)c1ccccc1)Nc1cc(Cl)ccc1Oc1ccccc1. The molecule has 0 fully saturated rings. The normalized spacial score (nSPS) is 11.4. The summed E-state index contributed by atoms with van der Waals surface area (Å²) in [5.41, 5.74) is 0.789. The molecule has 1 amide bonds. The quantitative estimate of drug-likeness (QED) is 0.228. The second-order valence-corrected chi connectivity index (χ2v) is 11.1. The van der Waals surface area contributed by atoms with Gasteiger partial charge in [0.2, 0.25) is 15.9 Å². The lowest BCUT2D eigenvalue weighted by Crippen LogP contribution is -2.37. The van der Waals surface area contributed by atoms with Gasteiger partial charge in [-0.3, -0.25) is 4.79 Å². The summed E-state index contributed by atoms with van der Waals surface area (Å²) in [5, 5.41) is 3.80. The lowest BCUT2D eigenvalue weighted by molar-refractivity contribution is -0.116.